The van der Waals surface area contributed by atoms with E-state index < -0.39 is 41.2 Å². The molecule has 7 heterocycles. The Morgan fingerprint density at radius 1 is 0.971 bits per heavy atom. The first-order chi connectivity index (χ1) is 33.4. The van der Waals surface area contributed by atoms with Crippen LogP contribution in [0.25, 0.3) is 22.3 Å². The standard InChI is InChI=1S/C53H55FN6O10/c1-6-53(68)37-15-41-47-35(22-60(41)50(65)36(37)24-69-51(53)66)46-39(10-9-32-26(4)38(54)16-40(55-47)45(32)46)56-52(67)70-27(5)48(63)59-12-11-30-19-57(23-42(30)59)18-28-7-8-29-20-58(21-31(29)13-28)49(64)34-14-33(25(2)3)43(61)17-44(34)62/h7-8,13-17,25,27,30,39,42,61-62,68H,6,9-12,18-24H2,1-5H3,(H,56,67)/t27-,30+,39-,42-,53-/m0/s1. The first-order valence-electron chi connectivity index (χ1n) is 24.2. The number of carbonyl (C=O) groups excluding carboxylic acids is 4. The Morgan fingerprint density at radius 3 is 2.53 bits per heavy atom. The molecule has 16 nitrogen and oxygen atoms in total. The highest BCUT2D eigenvalue weighted by atomic mass is 19.1. The minimum absolute atomic E-state index is 0.0222. The summed E-state index contributed by atoms with van der Waals surface area (Å²) in [4.78, 5) is 79.2. The van der Waals surface area contributed by atoms with E-state index in [4.69, 9.17) is 14.5 Å². The number of rotatable bonds is 8. The lowest BCUT2D eigenvalue weighted by atomic mass is 9.81. The monoisotopic (exact) mass is 954 g/mol. The van der Waals surface area contributed by atoms with E-state index in [0.717, 1.165) is 35.2 Å². The van der Waals surface area contributed by atoms with Gasteiger partial charge >= 0.3 is 12.1 Å². The van der Waals surface area contributed by atoms with Crippen molar-refractivity contribution in [2.45, 2.75) is 123 Å². The zero-order valence-electron chi connectivity index (χ0n) is 39.7. The minimum Gasteiger partial charge on any atom is -0.508 e. The molecule has 70 heavy (non-hydrogen) atoms. The highest BCUT2D eigenvalue weighted by molar-refractivity contribution is 5.98. The lowest BCUT2D eigenvalue weighted by molar-refractivity contribution is -0.172. The van der Waals surface area contributed by atoms with E-state index in [1.165, 1.54) is 16.7 Å². The Bertz CT molecular complexity index is 3190. The Hall–Kier alpha value is -6.85. The minimum atomic E-state index is -2.03. The Balaban J connectivity index is 0.767. The van der Waals surface area contributed by atoms with E-state index in [1.807, 2.05) is 24.8 Å². The number of nitrogens with one attached hydrogen (secondary N) is 1. The van der Waals surface area contributed by atoms with Gasteiger partial charge in [-0.2, -0.15) is 0 Å². The average Bonchev–Trinajstić information content (AvgIpc) is 4.12. The molecular weight excluding hydrogens is 900 g/mol. The zero-order valence-corrected chi connectivity index (χ0v) is 39.7. The number of pyridine rings is 2. The Kier molecular flexibility index (Phi) is 10.8. The van der Waals surface area contributed by atoms with Crippen LogP contribution in [0.5, 0.6) is 11.5 Å². The van der Waals surface area contributed by atoms with Gasteiger partial charge in [-0.1, -0.05) is 39.0 Å². The number of aryl methyl sites for hydroxylation is 1. The summed E-state index contributed by atoms with van der Waals surface area (Å²) in [5, 5.41) is 36.0. The van der Waals surface area contributed by atoms with Gasteiger partial charge in [0.2, 0.25) is 0 Å². The Labute approximate surface area is 402 Å². The highest BCUT2D eigenvalue weighted by Gasteiger charge is 2.47. The van der Waals surface area contributed by atoms with E-state index in [1.54, 1.807) is 37.8 Å². The van der Waals surface area contributed by atoms with Crippen molar-refractivity contribution in [3.63, 3.8) is 0 Å². The number of hydrogen-bond acceptors (Lipinski definition) is 12. The molecule has 5 aromatic rings. The molecule has 2 aromatic heterocycles. The number of aromatic nitrogens is 2. The summed E-state index contributed by atoms with van der Waals surface area (Å²) in [5.74, 6) is -1.93. The van der Waals surface area contributed by atoms with Gasteiger partial charge in [0.25, 0.3) is 17.4 Å². The van der Waals surface area contributed by atoms with Crippen LogP contribution in [-0.4, -0.2) is 95.2 Å². The molecule has 0 saturated carbocycles. The quantitative estimate of drug-likeness (QED) is 0.129. The van der Waals surface area contributed by atoms with Crippen LogP contribution in [0.15, 0.2) is 47.3 Å². The van der Waals surface area contributed by atoms with E-state index in [-0.39, 0.29) is 77.5 Å². The number of nitrogens with zero attached hydrogens (tertiary/aromatic N) is 5. The average molecular weight is 955 g/mol. The summed E-state index contributed by atoms with van der Waals surface area (Å²) < 4.78 is 28.1. The number of esters is 1. The number of ether oxygens (including phenoxy) is 2. The number of phenols is 2. The zero-order chi connectivity index (χ0) is 49.2. The third kappa shape index (κ3) is 7.13. The number of cyclic esters (lactones) is 1. The highest BCUT2D eigenvalue weighted by Crippen LogP contribution is 2.46. The molecule has 2 fully saturated rings. The summed E-state index contributed by atoms with van der Waals surface area (Å²) >= 11 is 0. The summed E-state index contributed by atoms with van der Waals surface area (Å²) in [5.41, 5.74) is 5.43. The van der Waals surface area contributed by atoms with Crippen LogP contribution in [-0.2, 0) is 63.9 Å². The number of amides is 3. The van der Waals surface area contributed by atoms with Crippen molar-refractivity contribution in [3.05, 3.63) is 120 Å². The van der Waals surface area contributed by atoms with E-state index >= 15 is 4.39 Å². The molecule has 0 spiro atoms. The smallest absolute Gasteiger partial charge is 0.408 e. The van der Waals surface area contributed by atoms with Crippen LogP contribution in [0.2, 0.25) is 0 Å². The van der Waals surface area contributed by atoms with Gasteiger partial charge in [-0.25, -0.2) is 19.0 Å². The van der Waals surface area contributed by atoms with E-state index in [2.05, 4.69) is 22.3 Å². The summed E-state index contributed by atoms with van der Waals surface area (Å²) in [6.07, 6.45) is -0.279. The van der Waals surface area contributed by atoms with Crippen molar-refractivity contribution in [1.82, 2.24) is 29.6 Å². The molecule has 17 heteroatoms. The molecule has 2 saturated heterocycles. The van der Waals surface area contributed by atoms with Gasteiger partial charge in [-0.3, -0.25) is 19.3 Å². The van der Waals surface area contributed by atoms with Crippen molar-refractivity contribution in [2.24, 2.45) is 5.92 Å². The maximum absolute atomic E-state index is 15.5. The van der Waals surface area contributed by atoms with Gasteiger partial charge in [0, 0.05) is 74.0 Å². The van der Waals surface area contributed by atoms with Crippen molar-refractivity contribution in [1.29, 1.82) is 0 Å². The molecular formula is C53H55FN6O10. The van der Waals surface area contributed by atoms with Gasteiger partial charge in [0.15, 0.2) is 11.7 Å². The maximum Gasteiger partial charge on any atom is 0.408 e. The predicted molar refractivity (Wildman–Crippen MR) is 252 cm³/mol. The van der Waals surface area contributed by atoms with Crippen LogP contribution in [0.3, 0.4) is 0 Å². The molecule has 5 atom stereocenters. The number of carbonyl (C=O) groups is 4. The van der Waals surface area contributed by atoms with Crippen LogP contribution >= 0.6 is 0 Å². The second kappa shape index (κ2) is 16.6. The van der Waals surface area contributed by atoms with Crippen molar-refractivity contribution >= 4 is 34.8 Å². The number of benzene rings is 3. The number of phenolic OH excluding ortho intramolecular Hbond substituents is 2. The van der Waals surface area contributed by atoms with Crippen LogP contribution in [0.4, 0.5) is 9.18 Å². The van der Waals surface area contributed by atoms with Crippen LogP contribution < -0.4 is 10.9 Å². The molecule has 3 amide bonds. The molecule has 4 N–H and O–H groups in total. The van der Waals surface area contributed by atoms with E-state index in [0.29, 0.717) is 90.1 Å². The van der Waals surface area contributed by atoms with Gasteiger partial charge in [-0.15, -0.1) is 0 Å². The van der Waals surface area contributed by atoms with Gasteiger partial charge in [0.1, 0.15) is 23.9 Å². The third-order valence-corrected chi connectivity index (χ3v) is 15.9. The predicted octanol–water partition coefficient (Wildman–Crippen LogP) is 6.05. The summed E-state index contributed by atoms with van der Waals surface area (Å²) in [6.45, 7) is 12.0. The normalized spacial score (nSPS) is 22.4. The molecule has 5 aliphatic heterocycles. The molecule has 0 radical (unpaired) electrons. The van der Waals surface area contributed by atoms with Gasteiger partial charge in [-0.05, 0) is 102 Å². The second-order valence-electron chi connectivity index (χ2n) is 20.3. The van der Waals surface area contributed by atoms with Gasteiger partial charge in [0.05, 0.1) is 40.6 Å². The molecule has 0 bridgehead atoms. The van der Waals surface area contributed by atoms with Gasteiger partial charge < -0.3 is 44.5 Å². The molecule has 6 aliphatic rings. The Morgan fingerprint density at radius 2 is 1.76 bits per heavy atom. The lowest BCUT2D eigenvalue weighted by Gasteiger charge is -2.31. The third-order valence-electron chi connectivity index (χ3n) is 15.9. The van der Waals surface area contributed by atoms with E-state index in [9.17, 15) is 39.3 Å². The van der Waals surface area contributed by atoms with Crippen molar-refractivity contribution in [3.8, 4) is 22.9 Å². The summed E-state index contributed by atoms with van der Waals surface area (Å²) in [7, 11) is 0. The number of aliphatic hydroxyl groups is 1. The molecule has 364 valence electrons. The SMILES string of the molecule is CC[C@@]1(O)C(=O)OCc2c1cc1n(c2=O)Cc2c-1nc1cc(F)c(C)c3c1c2[C@@H](NC(=O)O[C@@H](C)C(=O)N1CC[C@@H]2CN(Cc4ccc5c(c4)CN(C(=O)c4cc(C(C)C)c(O)cc4O)C5)C[C@@H]21)CC3. The number of likely N-dealkylation sites (tertiary alicyclic amines) is 2. The number of halogens is 1. The number of aromatic hydroxyl groups is 2. The molecule has 3 aromatic carbocycles. The number of fused-ring (bicyclic) bond motifs is 7. The van der Waals surface area contributed by atoms with Crippen LogP contribution in [0, 0.1) is 18.7 Å². The first-order valence-corrected chi connectivity index (χ1v) is 24.2. The fourth-order valence-corrected chi connectivity index (χ4v) is 12.1. The lowest BCUT2D eigenvalue weighted by Crippen LogP contribution is -2.46. The number of alkyl carbamates (subject to hydrolysis) is 1. The largest absolute Gasteiger partial charge is 0.508 e. The van der Waals surface area contributed by atoms with Crippen molar-refractivity contribution < 1.29 is 48.4 Å². The fraction of sp³-hybridized carbons (Fsp3) is 0.434. The maximum atomic E-state index is 15.5. The first kappa shape index (κ1) is 45.6. The fourth-order valence-electron chi connectivity index (χ4n) is 12.1. The molecule has 1 aliphatic carbocycles. The van der Waals surface area contributed by atoms with Crippen LogP contribution in [0.1, 0.15) is 125 Å². The summed E-state index contributed by atoms with van der Waals surface area (Å²) in [6, 6.07) is 11.3. The molecule has 11 rings (SSSR count). The molecule has 0 unspecified atom stereocenters. The van der Waals surface area contributed by atoms with Crippen molar-refractivity contribution in [2.75, 3.05) is 19.6 Å². The topological polar surface area (TPSA) is 204 Å². The second-order valence-corrected chi connectivity index (χ2v) is 20.3. The number of hydrogen-bond donors (Lipinski definition) is 4.